The van der Waals surface area contributed by atoms with E-state index in [9.17, 15) is 4.79 Å². The van der Waals surface area contributed by atoms with Gasteiger partial charge in [0.15, 0.2) is 0 Å². The zero-order valence-corrected chi connectivity index (χ0v) is 10.2. The Morgan fingerprint density at radius 2 is 2.19 bits per heavy atom. The number of rotatable bonds is 4. The zero-order valence-electron chi connectivity index (χ0n) is 9.40. The third-order valence-corrected chi connectivity index (χ3v) is 2.27. The van der Waals surface area contributed by atoms with Gasteiger partial charge in [-0.25, -0.2) is 14.8 Å². The highest BCUT2D eigenvalue weighted by molar-refractivity contribution is 6.29. The fourth-order valence-electron chi connectivity index (χ4n) is 1.20. The number of hydrogen-bond acceptors (Lipinski definition) is 5. The van der Waals surface area contributed by atoms with Crippen molar-refractivity contribution in [2.75, 3.05) is 12.4 Å². The number of methoxy groups -OCH3 is 1. The van der Waals surface area contributed by atoms with Crippen molar-refractivity contribution in [2.24, 2.45) is 5.92 Å². The van der Waals surface area contributed by atoms with Gasteiger partial charge in [-0.15, -0.1) is 0 Å². The highest BCUT2D eigenvalue weighted by atomic mass is 35.5. The number of anilines is 1. The van der Waals surface area contributed by atoms with Gasteiger partial charge >= 0.3 is 5.97 Å². The number of aromatic nitrogens is 2. The number of esters is 1. The average molecular weight is 244 g/mol. The Morgan fingerprint density at radius 3 is 2.69 bits per heavy atom. The van der Waals surface area contributed by atoms with Crippen LogP contribution in [0.4, 0.5) is 5.82 Å². The van der Waals surface area contributed by atoms with Crippen LogP contribution >= 0.6 is 11.6 Å². The molecular formula is C10H14ClN3O2. The molecule has 0 bridgehead atoms. The Hall–Kier alpha value is -1.36. The van der Waals surface area contributed by atoms with Crippen LogP contribution in [0.5, 0.6) is 0 Å². The lowest BCUT2D eigenvalue weighted by molar-refractivity contribution is -0.142. The first-order chi connectivity index (χ1) is 7.54. The highest BCUT2D eigenvalue weighted by Crippen LogP contribution is 2.13. The molecule has 1 aromatic rings. The van der Waals surface area contributed by atoms with E-state index in [4.69, 9.17) is 16.3 Å². The van der Waals surface area contributed by atoms with Crippen molar-refractivity contribution in [3.8, 4) is 0 Å². The van der Waals surface area contributed by atoms with E-state index in [2.05, 4.69) is 15.3 Å². The topological polar surface area (TPSA) is 64.1 Å². The van der Waals surface area contributed by atoms with E-state index < -0.39 is 6.04 Å². The third-order valence-electron chi connectivity index (χ3n) is 2.06. The standard InChI is InChI=1S/C10H14ClN3O2/c1-6(2)9(10(15)16-3)14-8-4-7(11)12-5-13-8/h4-6,9H,1-3H3,(H,12,13,14). The molecule has 5 nitrogen and oxygen atoms in total. The molecular weight excluding hydrogens is 230 g/mol. The Kier molecular flexibility index (Phi) is 4.49. The van der Waals surface area contributed by atoms with Crippen LogP contribution in [0.15, 0.2) is 12.4 Å². The van der Waals surface area contributed by atoms with Gasteiger partial charge in [0.25, 0.3) is 0 Å². The van der Waals surface area contributed by atoms with E-state index in [1.165, 1.54) is 13.4 Å². The van der Waals surface area contributed by atoms with Crippen LogP contribution in [0.3, 0.4) is 0 Å². The van der Waals surface area contributed by atoms with E-state index in [1.54, 1.807) is 6.07 Å². The lowest BCUT2D eigenvalue weighted by atomic mass is 10.1. The van der Waals surface area contributed by atoms with Gasteiger partial charge in [-0.05, 0) is 5.92 Å². The summed E-state index contributed by atoms with van der Waals surface area (Å²) in [5.74, 6) is 0.259. The minimum absolute atomic E-state index is 0.0844. The van der Waals surface area contributed by atoms with Crippen molar-refractivity contribution < 1.29 is 9.53 Å². The van der Waals surface area contributed by atoms with Crippen molar-refractivity contribution in [3.05, 3.63) is 17.5 Å². The number of nitrogens with zero attached hydrogens (tertiary/aromatic N) is 2. The van der Waals surface area contributed by atoms with Crippen LogP contribution in [-0.4, -0.2) is 29.1 Å². The number of hydrogen-bond donors (Lipinski definition) is 1. The third kappa shape index (κ3) is 3.34. The fourth-order valence-corrected chi connectivity index (χ4v) is 1.34. The maximum atomic E-state index is 11.5. The Labute approximate surface area is 99.2 Å². The molecule has 0 saturated heterocycles. The van der Waals surface area contributed by atoms with E-state index in [0.717, 1.165) is 0 Å². The van der Waals surface area contributed by atoms with E-state index in [1.807, 2.05) is 13.8 Å². The summed E-state index contributed by atoms with van der Waals surface area (Å²) in [4.78, 5) is 19.2. The van der Waals surface area contributed by atoms with Crippen molar-refractivity contribution in [1.29, 1.82) is 0 Å². The van der Waals surface area contributed by atoms with Crippen LogP contribution in [0.1, 0.15) is 13.8 Å². The summed E-state index contributed by atoms with van der Waals surface area (Å²) < 4.78 is 4.70. The van der Waals surface area contributed by atoms with Crippen LogP contribution in [0.2, 0.25) is 5.15 Å². The Balaban J connectivity index is 2.79. The van der Waals surface area contributed by atoms with Gasteiger partial charge in [0.2, 0.25) is 0 Å². The molecule has 1 aromatic heterocycles. The lowest BCUT2D eigenvalue weighted by Gasteiger charge is -2.20. The first-order valence-electron chi connectivity index (χ1n) is 4.86. The molecule has 0 aliphatic heterocycles. The summed E-state index contributed by atoms with van der Waals surface area (Å²) in [7, 11) is 1.35. The minimum Gasteiger partial charge on any atom is -0.467 e. The zero-order chi connectivity index (χ0) is 12.1. The summed E-state index contributed by atoms with van der Waals surface area (Å²) in [6.07, 6.45) is 1.33. The second kappa shape index (κ2) is 5.65. The number of nitrogens with one attached hydrogen (secondary N) is 1. The monoisotopic (exact) mass is 243 g/mol. The molecule has 1 unspecified atom stereocenters. The number of carbonyl (C=O) groups excluding carboxylic acids is 1. The van der Waals surface area contributed by atoms with Crippen molar-refractivity contribution in [1.82, 2.24) is 9.97 Å². The van der Waals surface area contributed by atoms with Gasteiger partial charge in [-0.2, -0.15) is 0 Å². The van der Waals surface area contributed by atoms with Crippen molar-refractivity contribution >= 4 is 23.4 Å². The predicted octanol–water partition coefficient (Wildman–Crippen LogP) is 1.74. The predicted molar refractivity (Wildman–Crippen MR) is 61.3 cm³/mol. The minimum atomic E-state index is -0.448. The van der Waals surface area contributed by atoms with Crippen LogP contribution in [-0.2, 0) is 9.53 Å². The van der Waals surface area contributed by atoms with Gasteiger partial charge in [0.1, 0.15) is 23.3 Å². The van der Waals surface area contributed by atoms with Crippen LogP contribution in [0.25, 0.3) is 0 Å². The first-order valence-corrected chi connectivity index (χ1v) is 5.24. The molecule has 6 heteroatoms. The maximum absolute atomic E-state index is 11.5. The molecule has 88 valence electrons. The number of carbonyl (C=O) groups is 1. The van der Waals surface area contributed by atoms with Crippen LogP contribution < -0.4 is 5.32 Å². The lowest BCUT2D eigenvalue weighted by Crippen LogP contribution is -2.35. The molecule has 1 heterocycles. The molecule has 0 amide bonds. The summed E-state index contributed by atoms with van der Waals surface area (Å²) in [6, 6.07) is 1.11. The van der Waals surface area contributed by atoms with Gasteiger partial charge < -0.3 is 10.1 Å². The van der Waals surface area contributed by atoms with Gasteiger partial charge in [-0.1, -0.05) is 25.4 Å². The van der Waals surface area contributed by atoms with Crippen molar-refractivity contribution in [2.45, 2.75) is 19.9 Å². The molecule has 16 heavy (non-hydrogen) atoms. The second-order valence-electron chi connectivity index (χ2n) is 3.62. The molecule has 1 rings (SSSR count). The van der Waals surface area contributed by atoms with Crippen molar-refractivity contribution in [3.63, 3.8) is 0 Å². The van der Waals surface area contributed by atoms with Gasteiger partial charge in [-0.3, -0.25) is 0 Å². The molecule has 1 N–H and O–H groups in total. The Bertz CT molecular complexity index is 371. The first kappa shape index (κ1) is 12.7. The molecule has 0 aliphatic rings. The molecule has 1 atom stereocenters. The van der Waals surface area contributed by atoms with Gasteiger partial charge in [0, 0.05) is 6.07 Å². The Morgan fingerprint density at radius 1 is 1.50 bits per heavy atom. The summed E-state index contributed by atoms with van der Waals surface area (Å²) in [5, 5.41) is 3.28. The molecule has 0 aliphatic carbocycles. The molecule has 0 fully saturated rings. The van der Waals surface area contributed by atoms with Gasteiger partial charge in [0.05, 0.1) is 7.11 Å². The van der Waals surface area contributed by atoms with E-state index in [-0.39, 0.29) is 11.9 Å². The van der Waals surface area contributed by atoms with E-state index >= 15 is 0 Å². The highest BCUT2D eigenvalue weighted by Gasteiger charge is 2.23. The van der Waals surface area contributed by atoms with E-state index in [0.29, 0.717) is 11.0 Å². The largest absolute Gasteiger partial charge is 0.467 e. The number of halogens is 1. The maximum Gasteiger partial charge on any atom is 0.328 e. The average Bonchev–Trinajstić information content (AvgIpc) is 2.24. The fraction of sp³-hybridized carbons (Fsp3) is 0.500. The summed E-state index contributed by atoms with van der Waals surface area (Å²) in [6.45, 7) is 3.83. The molecule has 0 aromatic carbocycles. The SMILES string of the molecule is COC(=O)C(Nc1cc(Cl)ncn1)C(C)C. The molecule has 0 spiro atoms. The second-order valence-corrected chi connectivity index (χ2v) is 4.00. The summed E-state index contributed by atoms with van der Waals surface area (Å²) >= 11 is 5.71. The quantitative estimate of drug-likeness (QED) is 0.645. The summed E-state index contributed by atoms with van der Waals surface area (Å²) in [5.41, 5.74) is 0. The normalized spacial score (nSPS) is 12.3. The molecule has 0 saturated carbocycles. The van der Waals surface area contributed by atoms with Crippen LogP contribution in [0, 0.1) is 5.92 Å². The smallest absolute Gasteiger partial charge is 0.328 e. The molecule has 0 radical (unpaired) electrons. The number of ether oxygens (including phenoxy) is 1.